The number of hydrogen-bond acceptors (Lipinski definition) is 3. The fourth-order valence-electron chi connectivity index (χ4n) is 1.77. The van der Waals surface area contributed by atoms with Crippen molar-refractivity contribution in [2.24, 2.45) is 5.92 Å². The lowest BCUT2D eigenvalue weighted by Crippen LogP contribution is -2.27. The van der Waals surface area contributed by atoms with E-state index >= 15 is 0 Å². The van der Waals surface area contributed by atoms with Crippen molar-refractivity contribution in [3.8, 4) is 0 Å². The minimum atomic E-state index is -3.41. The van der Waals surface area contributed by atoms with Crippen molar-refractivity contribution in [2.75, 3.05) is 13.1 Å². The molecule has 1 aromatic rings. The molecule has 2 N–H and O–H groups in total. The molecule has 0 unspecified atom stereocenters. The molecule has 21 heavy (non-hydrogen) atoms. The summed E-state index contributed by atoms with van der Waals surface area (Å²) >= 11 is 0. The zero-order valence-electron chi connectivity index (χ0n) is 12.8. The van der Waals surface area contributed by atoms with Crippen LogP contribution in [-0.4, -0.2) is 27.4 Å². The van der Waals surface area contributed by atoms with Crippen LogP contribution in [-0.2, 0) is 21.2 Å². The first-order valence-electron chi connectivity index (χ1n) is 7.20. The lowest BCUT2D eigenvalue weighted by Gasteiger charge is -2.08. The maximum atomic E-state index is 11.8. The highest BCUT2D eigenvalue weighted by molar-refractivity contribution is 7.89. The van der Waals surface area contributed by atoms with Crippen molar-refractivity contribution in [3.63, 3.8) is 0 Å². The molecule has 0 radical (unpaired) electrons. The molecule has 0 saturated heterocycles. The van der Waals surface area contributed by atoms with Crippen LogP contribution in [0.5, 0.6) is 0 Å². The van der Waals surface area contributed by atoms with Crippen molar-refractivity contribution in [3.05, 3.63) is 29.8 Å². The Balaban J connectivity index is 2.54. The van der Waals surface area contributed by atoms with Gasteiger partial charge in [-0.05, 0) is 30.0 Å². The minimum absolute atomic E-state index is 0.0213. The van der Waals surface area contributed by atoms with Gasteiger partial charge in [-0.3, -0.25) is 4.79 Å². The minimum Gasteiger partial charge on any atom is -0.356 e. The summed E-state index contributed by atoms with van der Waals surface area (Å²) in [5.41, 5.74) is 0.949. The number of nitrogens with one attached hydrogen (secondary N) is 2. The van der Waals surface area contributed by atoms with E-state index in [0.717, 1.165) is 5.56 Å². The van der Waals surface area contributed by atoms with Crippen LogP contribution in [0.15, 0.2) is 29.2 Å². The summed E-state index contributed by atoms with van der Waals surface area (Å²) in [5, 5.41) is 2.86. The van der Waals surface area contributed by atoms with Gasteiger partial charge in [-0.25, -0.2) is 13.1 Å². The van der Waals surface area contributed by atoms with Gasteiger partial charge in [-0.2, -0.15) is 0 Å². The van der Waals surface area contributed by atoms with Gasteiger partial charge in [-0.15, -0.1) is 0 Å². The molecule has 0 aliphatic rings. The van der Waals surface area contributed by atoms with E-state index in [9.17, 15) is 13.2 Å². The second kappa shape index (κ2) is 8.14. The van der Waals surface area contributed by atoms with Crippen LogP contribution < -0.4 is 10.0 Å². The number of benzene rings is 1. The van der Waals surface area contributed by atoms with Crippen LogP contribution in [0.25, 0.3) is 0 Å². The Morgan fingerprint density at radius 3 is 2.33 bits per heavy atom. The summed E-state index contributed by atoms with van der Waals surface area (Å²) in [6, 6.07) is 6.64. The van der Waals surface area contributed by atoms with Gasteiger partial charge in [0.1, 0.15) is 0 Å². The Bertz CT molecular complexity index is 551. The highest BCUT2D eigenvalue weighted by Gasteiger charge is 2.12. The van der Waals surface area contributed by atoms with Crippen molar-refractivity contribution in [1.29, 1.82) is 0 Å². The van der Waals surface area contributed by atoms with E-state index in [1.807, 2.05) is 13.8 Å². The maximum Gasteiger partial charge on any atom is 0.240 e. The summed E-state index contributed by atoms with van der Waals surface area (Å²) in [6.07, 6.45) is 1.01. The van der Waals surface area contributed by atoms with E-state index in [4.69, 9.17) is 0 Å². The Morgan fingerprint density at radius 1 is 1.19 bits per heavy atom. The van der Waals surface area contributed by atoms with E-state index in [2.05, 4.69) is 10.0 Å². The first-order chi connectivity index (χ1) is 9.85. The predicted molar refractivity (Wildman–Crippen MR) is 83.5 cm³/mol. The average molecular weight is 312 g/mol. The van der Waals surface area contributed by atoms with Crippen molar-refractivity contribution in [1.82, 2.24) is 10.0 Å². The van der Waals surface area contributed by atoms with Gasteiger partial charge in [-0.1, -0.05) is 32.9 Å². The second-order valence-corrected chi connectivity index (χ2v) is 7.11. The molecule has 1 rings (SSSR count). The van der Waals surface area contributed by atoms with Gasteiger partial charge in [0.2, 0.25) is 15.9 Å². The first-order valence-corrected chi connectivity index (χ1v) is 8.68. The average Bonchev–Trinajstić information content (AvgIpc) is 2.43. The summed E-state index contributed by atoms with van der Waals surface area (Å²) in [7, 11) is -3.41. The third kappa shape index (κ3) is 6.27. The topological polar surface area (TPSA) is 75.3 Å². The van der Waals surface area contributed by atoms with Gasteiger partial charge in [0.05, 0.1) is 4.90 Å². The number of carbonyl (C=O) groups is 1. The van der Waals surface area contributed by atoms with E-state index in [1.165, 1.54) is 0 Å². The molecule has 5 nitrogen and oxygen atoms in total. The number of amides is 1. The molecule has 6 heteroatoms. The number of carbonyl (C=O) groups excluding carboxylic acids is 1. The molecular weight excluding hydrogens is 288 g/mol. The zero-order valence-corrected chi connectivity index (χ0v) is 13.7. The van der Waals surface area contributed by atoms with Gasteiger partial charge in [0.25, 0.3) is 0 Å². The van der Waals surface area contributed by atoms with Crippen LogP contribution in [0.1, 0.15) is 32.8 Å². The summed E-state index contributed by atoms with van der Waals surface area (Å²) in [6.45, 7) is 6.87. The fraction of sp³-hybridized carbons (Fsp3) is 0.533. The first kappa shape index (κ1) is 17.7. The van der Waals surface area contributed by atoms with E-state index in [0.29, 0.717) is 31.8 Å². The molecule has 1 aromatic carbocycles. The van der Waals surface area contributed by atoms with Gasteiger partial charge in [0.15, 0.2) is 0 Å². The molecule has 1 amide bonds. The monoisotopic (exact) mass is 312 g/mol. The van der Waals surface area contributed by atoms with Crippen molar-refractivity contribution >= 4 is 15.9 Å². The second-order valence-electron chi connectivity index (χ2n) is 5.34. The largest absolute Gasteiger partial charge is 0.356 e. The molecule has 118 valence electrons. The maximum absolute atomic E-state index is 11.8. The molecule has 0 heterocycles. The number of aryl methyl sites for hydroxylation is 1. The van der Waals surface area contributed by atoms with Crippen LogP contribution in [0.3, 0.4) is 0 Å². The van der Waals surface area contributed by atoms with Gasteiger partial charge < -0.3 is 5.32 Å². The van der Waals surface area contributed by atoms with Crippen LogP contribution >= 0.6 is 0 Å². The predicted octanol–water partition coefficient (Wildman–Crippen LogP) is 1.69. The Labute approximate surface area is 127 Å². The smallest absolute Gasteiger partial charge is 0.240 e. The SMILES string of the molecule is CCNS(=O)(=O)c1ccc(CCC(=O)NCC(C)C)cc1. The molecule has 0 spiro atoms. The van der Waals surface area contributed by atoms with Crippen molar-refractivity contribution in [2.45, 2.75) is 38.5 Å². The highest BCUT2D eigenvalue weighted by atomic mass is 32.2. The summed E-state index contributed by atoms with van der Waals surface area (Å²) < 4.78 is 26.0. The van der Waals surface area contributed by atoms with E-state index in [1.54, 1.807) is 31.2 Å². The number of rotatable bonds is 8. The zero-order chi connectivity index (χ0) is 15.9. The standard InChI is InChI=1S/C15H24N2O3S/c1-4-17-21(19,20)14-8-5-13(6-9-14)7-10-15(18)16-11-12(2)3/h5-6,8-9,12,17H,4,7,10-11H2,1-3H3,(H,16,18). The fourth-order valence-corrected chi connectivity index (χ4v) is 2.81. The third-order valence-corrected chi connectivity index (χ3v) is 4.48. The van der Waals surface area contributed by atoms with E-state index < -0.39 is 10.0 Å². The molecule has 0 fully saturated rings. The molecular formula is C15H24N2O3S. The summed E-state index contributed by atoms with van der Waals surface area (Å²) in [5.74, 6) is 0.456. The Morgan fingerprint density at radius 2 is 1.81 bits per heavy atom. The normalized spacial score (nSPS) is 11.6. The molecule has 0 aliphatic heterocycles. The van der Waals surface area contributed by atoms with Crippen molar-refractivity contribution < 1.29 is 13.2 Å². The number of sulfonamides is 1. The van der Waals surface area contributed by atoms with Crippen LogP contribution in [0.2, 0.25) is 0 Å². The highest BCUT2D eigenvalue weighted by Crippen LogP contribution is 2.11. The summed E-state index contributed by atoms with van der Waals surface area (Å²) in [4.78, 5) is 11.9. The molecule has 0 aliphatic carbocycles. The van der Waals surface area contributed by atoms with Crippen LogP contribution in [0, 0.1) is 5.92 Å². The van der Waals surface area contributed by atoms with E-state index in [-0.39, 0.29) is 10.8 Å². The molecule has 0 saturated carbocycles. The van der Waals surface area contributed by atoms with Gasteiger partial charge >= 0.3 is 0 Å². The van der Waals surface area contributed by atoms with Crippen LogP contribution in [0.4, 0.5) is 0 Å². The third-order valence-electron chi connectivity index (χ3n) is 2.92. The molecule has 0 aromatic heterocycles. The lowest BCUT2D eigenvalue weighted by atomic mass is 10.1. The quantitative estimate of drug-likeness (QED) is 0.767. The Hall–Kier alpha value is -1.40. The Kier molecular flexibility index (Phi) is 6.84. The molecule has 0 atom stereocenters. The number of hydrogen-bond donors (Lipinski definition) is 2. The molecule has 0 bridgehead atoms. The van der Waals surface area contributed by atoms with Gasteiger partial charge in [0, 0.05) is 19.5 Å². The lowest BCUT2D eigenvalue weighted by molar-refractivity contribution is -0.121.